The van der Waals surface area contributed by atoms with E-state index < -0.39 is 0 Å². The third-order valence-corrected chi connectivity index (χ3v) is 10.2. The van der Waals surface area contributed by atoms with Crippen LogP contribution in [0.2, 0.25) is 0 Å². The lowest BCUT2D eigenvalue weighted by molar-refractivity contribution is -0.0576. The predicted octanol–water partition coefficient (Wildman–Crippen LogP) is 7.80. The molecule has 7 unspecified atom stereocenters. The molecule has 3 saturated carbocycles. The highest BCUT2D eigenvalue weighted by Gasteiger charge is 2.58. The average Bonchev–Trinajstić information content (AvgIpc) is 3.01. The van der Waals surface area contributed by atoms with Gasteiger partial charge < -0.3 is 4.74 Å². The van der Waals surface area contributed by atoms with Gasteiger partial charge in [-0.05, 0) is 98.2 Å². The van der Waals surface area contributed by atoms with Crippen LogP contribution < -0.4 is 0 Å². The van der Waals surface area contributed by atoms with Crippen LogP contribution in [0, 0.1) is 40.4 Å². The number of ether oxygens (including phenoxy) is 1. The van der Waals surface area contributed by atoms with Gasteiger partial charge in [0, 0.05) is 7.11 Å². The Hall–Kier alpha value is -0.300. The van der Waals surface area contributed by atoms with Crippen molar-refractivity contribution in [2.75, 3.05) is 7.11 Å². The quantitative estimate of drug-likeness (QED) is 0.334. The van der Waals surface area contributed by atoms with E-state index in [0.717, 1.165) is 29.6 Å². The fraction of sp³-hybridized carbons (Fsp3) is 0.926. The Kier molecular flexibility index (Phi) is 6.05. The molecular formula is C27H46O. The van der Waals surface area contributed by atoms with E-state index >= 15 is 0 Å². The minimum absolute atomic E-state index is 0.384. The van der Waals surface area contributed by atoms with Crippen LogP contribution in [0.15, 0.2) is 11.6 Å². The topological polar surface area (TPSA) is 9.23 Å². The normalized spacial score (nSPS) is 45.4. The molecule has 0 amide bonds. The summed E-state index contributed by atoms with van der Waals surface area (Å²) in [5.74, 6) is 4.85. The van der Waals surface area contributed by atoms with Gasteiger partial charge in [0.15, 0.2) is 0 Å². The van der Waals surface area contributed by atoms with Gasteiger partial charge in [-0.25, -0.2) is 0 Å². The first-order valence-corrected chi connectivity index (χ1v) is 12.6. The van der Waals surface area contributed by atoms with Crippen molar-refractivity contribution in [1.82, 2.24) is 0 Å². The van der Waals surface area contributed by atoms with Gasteiger partial charge in [-0.15, -0.1) is 0 Å². The Morgan fingerprint density at radius 3 is 2.57 bits per heavy atom. The zero-order valence-corrected chi connectivity index (χ0v) is 19.4. The molecular weight excluding hydrogens is 340 g/mol. The summed E-state index contributed by atoms with van der Waals surface area (Å²) < 4.78 is 5.71. The fourth-order valence-electron chi connectivity index (χ4n) is 8.41. The van der Waals surface area contributed by atoms with E-state index in [1.807, 2.05) is 7.11 Å². The summed E-state index contributed by atoms with van der Waals surface area (Å²) in [4.78, 5) is 0. The fourth-order valence-corrected chi connectivity index (χ4v) is 8.41. The third-order valence-electron chi connectivity index (χ3n) is 10.2. The summed E-state index contributed by atoms with van der Waals surface area (Å²) in [6.07, 6.45) is 20.2. The van der Waals surface area contributed by atoms with Crippen molar-refractivity contribution >= 4 is 0 Å². The molecule has 1 heteroatoms. The van der Waals surface area contributed by atoms with Crippen LogP contribution in [0.1, 0.15) is 105 Å². The lowest BCUT2D eigenvalue weighted by Crippen LogP contribution is -2.50. The standard InChI is InChI=1S/C27H46O/c1-19(2)8-6-7-9-20-11-13-24-23-12-10-21-18-22(28-5)14-16-27(21,4)25(23)15-17-26(20,24)3/h18-20,22-25H,6-17H2,1-5H3. The molecule has 0 bridgehead atoms. The first-order chi connectivity index (χ1) is 13.4. The van der Waals surface area contributed by atoms with E-state index in [0.29, 0.717) is 16.9 Å². The number of allylic oxidation sites excluding steroid dienone is 1. The minimum Gasteiger partial charge on any atom is -0.377 e. The zero-order chi connectivity index (χ0) is 19.9. The molecule has 160 valence electrons. The molecule has 0 spiro atoms. The number of hydrogen-bond acceptors (Lipinski definition) is 1. The molecule has 4 rings (SSSR count). The van der Waals surface area contributed by atoms with Crippen LogP contribution >= 0.6 is 0 Å². The number of unbranched alkanes of at least 4 members (excludes halogenated alkanes) is 1. The predicted molar refractivity (Wildman–Crippen MR) is 119 cm³/mol. The molecule has 7 atom stereocenters. The van der Waals surface area contributed by atoms with Crippen LogP contribution in [0.5, 0.6) is 0 Å². The summed E-state index contributed by atoms with van der Waals surface area (Å²) in [6, 6.07) is 0. The second-order valence-electron chi connectivity index (χ2n) is 11.8. The van der Waals surface area contributed by atoms with E-state index in [1.54, 1.807) is 5.57 Å². The van der Waals surface area contributed by atoms with Gasteiger partial charge in [0.25, 0.3) is 0 Å². The van der Waals surface area contributed by atoms with Gasteiger partial charge in [0.05, 0.1) is 6.10 Å². The van der Waals surface area contributed by atoms with Gasteiger partial charge in [-0.3, -0.25) is 0 Å². The van der Waals surface area contributed by atoms with E-state index in [9.17, 15) is 0 Å². The molecule has 0 aromatic heterocycles. The van der Waals surface area contributed by atoms with Crippen molar-refractivity contribution in [3.05, 3.63) is 11.6 Å². The first kappa shape index (κ1) is 21.0. The molecule has 0 radical (unpaired) electrons. The molecule has 0 saturated heterocycles. The van der Waals surface area contributed by atoms with Crippen LogP contribution in [0.4, 0.5) is 0 Å². The molecule has 0 aliphatic heterocycles. The number of hydrogen-bond donors (Lipinski definition) is 0. The monoisotopic (exact) mass is 386 g/mol. The first-order valence-electron chi connectivity index (χ1n) is 12.6. The summed E-state index contributed by atoms with van der Waals surface area (Å²) in [5, 5.41) is 0. The molecule has 3 fully saturated rings. The van der Waals surface area contributed by atoms with Gasteiger partial charge in [-0.1, -0.05) is 58.6 Å². The van der Waals surface area contributed by atoms with Crippen molar-refractivity contribution < 1.29 is 4.74 Å². The maximum atomic E-state index is 5.71. The molecule has 4 aliphatic rings. The summed E-state index contributed by atoms with van der Waals surface area (Å²) in [7, 11) is 1.89. The Balaban J connectivity index is 1.45. The summed E-state index contributed by atoms with van der Waals surface area (Å²) >= 11 is 0. The largest absolute Gasteiger partial charge is 0.377 e. The Morgan fingerprint density at radius 1 is 1.00 bits per heavy atom. The van der Waals surface area contributed by atoms with Crippen molar-refractivity contribution in [3.8, 4) is 0 Å². The van der Waals surface area contributed by atoms with Crippen LogP contribution in [0.3, 0.4) is 0 Å². The molecule has 0 aromatic carbocycles. The Labute approximate surface area is 175 Å². The zero-order valence-electron chi connectivity index (χ0n) is 19.4. The van der Waals surface area contributed by atoms with E-state index in [4.69, 9.17) is 4.74 Å². The number of methoxy groups -OCH3 is 1. The number of fused-ring (bicyclic) bond motifs is 5. The van der Waals surface area contributed by atoms with Gasteiger partial charge >= 0.3 is 0 Å². The minimum atomic E-state index is 0.384. The highest BCUT2D eigenvalue weighted by Crippen LogP contribution is 2.67. The molecule has 0 aromatic rings. The SMILES string of the molecule is COC1C=C2CCC3C(CCC4(C)C(CCCCC(C)C)CCC34)C2(C)CC1. The van der Waals surface area contributed by atoms with Crippen molar-refractivity contribution in [2.24, 2.45) is 40.4 Å². The van der Waals surface area contributed by atoms with Crippen LogP contribution in [0.25, 0.3) is 0 Å². The van der Waals surface area contributed by atoms with Gasteiger partial charge in [-0.2, -0.15) is 0 Å². The Morgan fingerprint density at radius 2 is 1.82 bits per heavy atom. The molecule has 4 aliphatic carbocycles. The van der Waals surface area contributed by atoms with E-state index in [-0.39, 0.29) is 0 Å². The Bertz CT molecular complexity index is 577. The molecule has 0 heterocycles. The lowest BCUT2D eigenvalue weighted by atomic mass is 9.46. The lowest BCUT2D eigenvalue weighted by Gasteiger charge is -2.58. The highest BCUT2D eigenvalue weighted by atomic mass is 16.5. The maximum absolute atomic E-state index is 5.71. The third kappa shape index (κ3) is 3.52. The van der Waals surface area contributed by atoms with Crippen LogP contribution in [-0.4, -0.2) is 13.2 Å². The summed E-state index contributed by atoms with van der Waals surface area (Å²) in [6.45, 7) is 10.1. The van der Waals surface area contributed by atoms with E-state index in [1.165, 1.54) is 77.0 Å². The molecule has 28 heavy (non-hydrogen) atoms. The van der Waals surface area contributed by atoms with Gasteiger partial charge in [0.2, 0.25) is 0 Å². The molecule has 0 N–H and O–H groups in total. The van der Waals surface area contributed by atoms with Crippen LogP contribution in [-0.2, 0) is 4.74 Å². The van der Waals surface area contributed by atoms with Crippen molar-refractivity contribution in [2.45, 2.75) is 111 Å². The number of rotatable bonds is 6. The van der Waals surface area contributed by atoms with Crippen molar-refractivity contribution in [3.63, 3.8) is 0 Å². The van der Waals surface area contributed by atoms with Crippen molar-refractivity contribution in [1.29, 1.82) is 0 Å². The second kappa shape index (κ2) is 8.09. The summed E-state index contributed by atoms with van der Waals surface area (Å²) in [5.41, 5.74) is 2.90. The smallest absolute Gasteiger partial charge is 0.0755 e. The van der Waals surface area contributed by atoms with Gasteiger partial charge in [0.1, 0.15) is 0 Å². The maximum Gasteiger partial charge on any atom is 0.0755 e. The highest BCUT2D eigenvalue weighted by molar-refractivity contribution is 5.25. The average molecular weight is 387 g/mol. The van der Waals surface area contributed by atoms with E-state index in [2.05, 4.69) is 33.8 Å². The second-order valence-corrected chi connectivity index (χ2v) is 11.8. The molecule has 1 nitrogen and oxygen atoms in total.